The van der Waals surface area contributed by atoms with Gasteiger partial charge in [-0.1, -0.05) is 57.8 Å². The van der Waals surface area contributed by atoms with Gasteiger partial charge in [0.25, 0.3) is 0 Å². The first kappa shape index (κ1) is 37.8. The minimum absolute atomic E-state index is 0.555. The summed E-state index contributed by atoms with van der Waals surface area (Å²) < 4.78 is 27.9. The fourth-order valence-electron chi connectivity index (χ4n) is 6.46. The highest BCUT2D eigenvalue weighted by Gasteiger charge is 2.22. The Balaban J connectivity index is 1.46. The number of aryl methyl sites for hydroxylation is 1. The van der Waals surface area contributed by atoms with Gasteiger partial charge >= 0.3 is 0 Å². The predicted molar refractivity (Wildman–Crippen MR) is 206 cm³/mol. The van der Waals surface area contributed by atoms with E-state index in [4.69, 9.17) is 35.5 Å². The molecule has 0 N–H and O–H groups in total. The molecule has 0 aliphatic carbocycles. The van der Waals surface area contributed by atoms with Crippen LogP contribution in [0.1, 0.15) is 71.8 Å². The lowest BCUT2D eigenvalue weighted by atomic mass is 10.1. The van der Waals surface area contributed by atoms with Crippen LogP contribution < -0.4 is 18.9 Å². The van der Waals surface area contributed by atoms with Crippen molar-refractivity contribution in [2.75, 3.05) is 65.7 Å². The van der Waals surface area contributed by atoms with E-state index in [1.807, 2.05) is 42.5 Å². The van der Waals surface area contributed by atoms with Crippen LogP contribution in [0.2, 0.25) is 5.02 Å². The molecule has 0 bridgehead atoms. The van der Waals surface area contributed by atoms with Gasteiger partial charge in [0.05, 0.1) is 30.9 Å². The quantitative estimate of drug-likeness (QED) is 0.0757. The number of aromatic nitrogens is 2. The van der Waals surface area contributed by atoms with Crippen molar-refractivity contribution < 1.29 is 18.9 Å². The van der Waals surface area contributed by atoms with E-state index in [2.05, 4.69) is 54.2 Å². The highest BCUT2D eigenvalue weighted by atomic mass is 35.5. The van der Waals surface area contributed by atoms with E-state index in [0.717, 1.165) is 128 Å². The summed E-state index contributed by atoms with van der Waals surface area (Å²) in [5.41, 5.74) is 4.01. The average Bonchev–Trinajstić information content (AvgIpc) is 3.79. The summed E-state index contributed by atoms with van der Waals surface area (Å²) in [6.45, 7) is 18.3. The lowest BCUT2D eigenvalue weighted by molar-refractivity contribution is 0.237. The molecule has 2 heterocycles. The lowest BCUT2D eigenvalue weighted by Gasteiger charge is -2.18. The summed E-state index contributed by atoms with van der Waals surface area (Å²) >= 11 is 6.09. The molecule has 1 aromatic heterocycles. The van der Waals surface area contributed by atoms with E-state index >= 15 is 0 Å². The summed E-state index contributed by atoms with van der Waals surface area (Å²) in [7, 11) is 0. The van der Waals surface area contributed by atoms with Crippen LogP contribution in [0.15, 0.2) is 54.6 Å². The lowest BCUT2D eigenvalue weighted by Crippen LogP contribution is -2.25. The molecular formula is C41H57ClN4O4. The van der Waals surface area contributed by atoms with Crippen molar-refractivity contribution in [2.45, 2.75) is 79.2 Å². The molecule has 1 fully saturated rings. The molecule has 3 aromatic carbocycles. The van der Waals surface area contributed by atoms with Crippen LogP contribution in [0.4, 0.5) is 0 Å². The molecule has 8 nitrogen and oxygen atoms in total. The van der Waals surface area contributed by atoms with Gasteiger partial charge in [0.1, 0.15) is 35.2 Å². The first-order valence-electron chi connectivity index (χ1n) is 18.9. The first-order chi connectivity index (χ1) is 24.5. The van der Waals surface area contributed by atoms with Crippen molar-refractivity contribution in [1.82, 2.24) is 19.4 Å². The number of imidazole rings is 1. The number of fused-ring (bicyclic) bond motifs is 1. The Morgan fingerprint density at radius 2 is 1.46 bits per heavy atom. The largest absolute Gasteiger partial charge is 0.493 e. The zero-order valence-electron chi connectivity index (χ0n) is 30.7. The minimum Gasteiger partial charge on any atom is -0.493 e. The Morgan fingerprint density at radius 3 is 2.20 bits per heavy atom. The van der Waals surface area contributed by atoms with Crippen molar-refractivity contribution in [3.63, 3.8) is 0 Å². The standard InChI is InChI=1S/C41H57ClN4O4/c1-5-9-23-46-37-29-35(47-26-12-22-44(7-3)8-4)31-39(49-25-6-2)40(37)43-41(46)36-18-17-34(48-27-19-32-13-15-33(42)16-14-32)30-38(36)50-28-24-45-20-10-11-21-45/h13-18,29-31H,5-12,19-28H2,1-4H3. The zero-order valence-corrected chi connectivity index (χ0v) is 31.5. The van der Waals surface area contributed by atoms with E-state index in [1.165, 1.54) is 18.4 Å². The number of nitrogens with zero attached hydrogens (tertiary/aromatic N) is 4. The van der Waals surface area contributed by atoms with Crippen molar-refractivity contribution >= 4 is 22.6 Å². The number of hydrogen-bond acceptors (Lipinski definition) is 7. The summed E-state index contributed by atoms with van der Waals surface area (Å²) in [5.74, 6) is 4.02. The van der Waals surface area contributed by atoms with Crippen LogP contribution >= 0.6 is 11.6 Å². The van der Waals surface area contributed by atoms with Crippen LogP contribution in [0.5, 0.6) is 23.0 Å². The van der Waals surface area contributed by atoms with E-state index in [1.54, 1.807) is 0 Å². The van der Waals surface area contributed by atoms with E-state index < -0.39 is 0 Å². The molecule has 9 heteroatoms. The summed E-state index contributed by atoms with van der Waals surface area (Å²) in [5, 5.41) is 0.740. The van der Waals surface area contributed by atoms with Crippen molar-refractivity contribution in [2.24, 2.45) is 0 Å². The number of halogens is 1. The van der Waals surface area contributed by atoms with Crippen LogP contribution in [0, 0.1) is 0 Å². The Kier molecular flexibility index (Phi) is 15.0. The highest BCUT2D eigenvalue weighted by Crippen LogP contribution is 2.39. The average molecular weight is 705 g/mol. The van der Waals surface area contributed by atoms with Crippen LogP contribution in [-0.2, 0) is 13.0 Å². The molecule has 272 valence electrons. The van der Waals surface area contributed by atoms with Gasteiger partial charge in [-0.05, 0) is 88.1 Å². The number of ether oxygens (including phenoxy) is 4. The molecule has 0 atom stereocenters. The van der Waals surface area contributed by atoms with Crippen molar-refractivity contribution in [3.05, 3.63) is 65.2 Å². The molecule has 0 amide bonds. The maximum atomic E-state index is 6.60. The summed E-state index contributed by atoms with van der Waals surface area (Å²) in [6.07, 6.45) is 7.28. The van der Waals surface area contributed by atoms with Crippen LogP contribution in [0.25, 0.3) is 22.4 Å². The third kappa shape index (κ3) is 10.5. The molecule has 1 saturated heterocycles. The second-order valence-corrected chi connectivity index (χ2v) is 13.5. The van der Waals surface area contributed by atoms with Gasteiger partial charge in [-0.25, -0.2) is 4.98 Å². The third-order valence-corrected chi connectivity index (χ3v) is 9.65. The van der Waals surface area contributed by atoms with Gasteiger partial charge in [0, 0.05) is 49.3 Å². The van der Waals surface area contributed by atoms with Crippen LogP contribution in [-0.4, -0.2) is 85.0 Å². The van der Waals surface area contributed by atoms with E-state index in [0.29, 0.717) is 26.4 Å². The fraction of sp³-hybridized carbons (Fsp3) is 0.537. The van der Waals surface area contributed by atoms with Crippen LogP contribution in [0.3, 0.4) is 0 Å². The SMILES string of the molecule is CCCCn1c(-c2ccc(OCCc3ccc(Cl)cc3)cc2OCCN2CCCC2)nc2c(OCCC)cc(OCCCN(CC)CC)cc21. The fourth-order valence-corrected chi connectivity index (χ4v) is 6.59. The molecule has 4 aromatic rings. The molecular weight excluding hydrogens is 648 g/mol. The van der Waals surface area contributed by atoms with E-state index in [-0.39, 0.29) is 0 Å². The number of hydrogen-bond donors (Lipinski definition) is 0. The molecule has 5 rings (SSSR count). The minimum atomic E-state index is 0.555. The summed E-state index contributed by atoms with van der Waals surface area (Å²) in [4.78, 5) is 10.2. The topological polar surface area (TPSA) is 61.2 Å². The molecule has 1 aliphatic rings. The molecule has 1 aliphatic heterocycles. The highest BCUT2D eigenvalue weighted by molar-refractivity contribution is 6.30. The smallest absolute Gasteiger partial charge is 0.150 e. The number of unbranched alkanes of at least 4 members (excludes halogenated alkanes) is 1. The molecule has 0 spiro atoms. The Labute approximate surface area is 304 Å². The maximum absolute atomic E-state index is 6.60. The normalized spacial score (nSPS) is 13.4. The number of likely N-dealkylation sites (tertiary alicyclic amines) is 1. The van der Waals surface area contributed by atoms with Gasteiger partial charge in [-0.15, -0.1) is 0 Å². The number of benzene rings is 3. The number of rotatable bonds is 22. The Bertz CT molecular complexity index is 1600. The van der Waals surface area contributed by atoms with Gasteiger partial charge in [0.15, 0.2) is 5.75 Å². The molecule has 0 unspecified atom stereocenters. The maximum Gasteiger partial charge on any atom is 0.150 e. The second-order valence-electron chi connectivity index (χ2n) is 13.1. The molecule has 50 heavy (non-hydrogen) atoms. The molecule has 0 radical (unpaired) electrons. The zero-order chi connectivity index (χ0) is 35.1. The Hall–Kier alpha value is -3.46. The van der Waals surface area contributed by atoms with E-state index in [9.17, 15) is 0 Å². The van der Waals surface area contributed by atoms with Gasteiger partial charge in [0.2, 0.25) is 0 Å². The first-order valence-corrected chi connectivity index (χ1v) is 19.3. The van der Waals surface area contributed by atoms with Crippen molar-refractivity contribution in [1.29, 1.82) is 0 Å². The Morgan fingerprint density at radius 1 is 0.720 bits per heavy atom. The van der Waals surface area contributed by atoms with Gasteiger partial charge in [-0.2, -0.15) is 0 Å². The van der Waals surface area contributed by atoms with Gasteiger partial charge < -0.3 is 28.4 Å². The third-order valence-electron chi connectivity index (χ3n) is 9.40. The summed E-state index contributed by atoms with van der Waals surface area (Å²) in [6, 6.07) is 18.3. The second kappa shape index (κ2) is 19.8. The predicted octanol–water partition coefficient (Wildman–Crippen LogP) is 9.15. The monoisotopic (exact) mass is 704 g/mol. The van der Waals surface area contributed by atoms with Crippen molar-refractivity contribution in [3.8, 4) is 34.4 Å². The van der Waals surface area contributed by atoms with Gasteiger partial charge in [-0.3, -0.25) is 4.90 Å². The molecule has 0 saturated carbocycles.